The first-order chi connectivity index (χ1) is 16.5. The van der Waals surface area contributed by atoms with Crippen LogP contribution in [0.4, 0.5) is 0 Å². The third kappa shape index (κ3) is 1.53. The first kappa shape index (κ1) is 19.9. The van der Waals surface area contributed by atoms with Gasteiger partial charge in [-0.15, -0.1) is 0 Å². The van der Waals surface area contributed by atoms with Crippen LogP contribution in [0, 0.1) is 70.0 Å². The monoisotopic (exact) mass is 472 g/mol. The zero-order chi connectivity index (χ0) is 22.8. The van der Waals surface area contributed by atoms with Gasteiger partial charge in [0.2, 0.25) is 0 Å². The molecule has 0 unspecified atom stereocenters. The Morgan fingerprint density at radius 2 is 1.00 bits per heavy atom. The summed E-state index contributed by atoms with van der Waals surface area (Å²) >= 11 is 0. The molecule has 8 saturated carbocycles. The van der Waals surface area contributed by atoms with E-state index in [-0.39, 0.29) is 47.4 Å². The van der Waals surface area contributed by atoms with E-state index in [9.17, 15) is 9.59 Å². The second-order valence-electron chi connectivity index (χ2n) is 12.5. The van der Waals surface area contributed by atoms with Gasteiger partial charge in [0.25, 0.3) is 0 Å². The maximum absolute atomic E-state index is 14.2. The van der Waals surface area contributed by atoms with E-state index in [0.29, 0.717) is 50.1 Å². The number of carbonyl (C=O) groups excluding carboxylic acids is 2. The van der Waals surface area contributed by atoms with E-state index >= 15 is 0 Å². The maximum atomic E-state index is 14.2. The van der Waals surface area contributed by atoms with Crippen molar-refractivity contribution in [2.24, 2.45) is 70.0 Å². The molecule has 8 nitrogen and oxygen atoms in total. The van der Waals surface area contributed by atoms with Crippen molar-refractivity contribution in [3.8, 4) is 0 Å². The molecule has 34 heavy (non-hydrogen) atoms. The van der Waals surface area contributed by atoms with Crippen molar-refractivity contribution in [1.29, 1.82) is 0 Å². The molecule has 12 atom stereocenters. The van der Waals surface area contributed by atoms with Gasteiger partial charge in [-0.3, -0.25) is 9.59 Å². The van der Waals surface area contributed by atoms with Gasteiger partial charge in [0.1, 0.15) is 0 Å². The Hall–Kier alpha value is -1.22. The van der Waals surface area contributed by atoms with Crippen LogP contribution < -0.4 is 0 Å². The van der Waals surface area contributed by atoms with Gasteiger partial charge in [-0.2, -0.15) is 0 Å². The van der Waals surface area contributed by atoms with Crippen LogP contribution in [-0.4, -0.2) is 64.2 Å². The Morgan fingerprint density at radius 1 is 0.618 bits per heavy atom. The fraction of sp³-hybridized carbons (Fsp3) is 0.923. The van der Waals surface area contributed by atoms with Crippen LogP contribution >= 0.6 is 0 Å². The topological polar surface area (TPSA) is 89.5 Å². The number of carbonyl (C=O) groups is 2. The summed E-state index contributed by atoms with van der Waals surface area (Å²) in [6.07, 6.45) is 3.66. The van der Waals surface area contributed by atoms with Crippen LogP contribution in [0.2, 0.25) is 0 Å². The lowest BCUT2D eigenvalue weighted by molar-refractivity contribution is -0.258. The lowest BCUT2D eigenvalue weighted by Crippen LogP contribution is -2.68. The smallest absolute Gasteiger partial charge is 0.313 e. The highest BCUT2D eigenvalue weighted by Crippen LogP contribution is 2.98. The average molecular weight is 473 g/mol. The minimum absolute atomic E-state index is 0.0591. The molecule has 8 aliphatic carbocycles. The number of hydrogen-bond acceptors (Lipinski definition) is 8. The first-order valence-corrected chi connectivity index (χ1v) is 13.3. The summed E-state index contributed by atoms with van der Waals surface area (Å²) < 4.78 is 36.6. The minimum atomic E-state index is -0.849. The molecule has 8 heteroatoms. The van der Waals surface area contributed by atoms with Crippen molar-refractivity contribution in [2.45, 2.75) is 37.3 Å². The Morgan fingerprint density at radius 3 is 1.35 bits per heavy atom. The molecule has 10 rings (SSSR count). The highest BCUT2D eigenvalue weighted by atomic mass is 16.7. The van der Waals surface area contributed by atoms with Gasteiger partial charge in [0.05, 0.1) is 51.5 Å². The lowest BCUT2D eigenvalue weighted by Gasteiger charge is -2.59. The van der Waals surface area contributed by atoms with Crippen molar-refractivity contribution in [1.82, 2.24) is 0 Å². The summed E-state index contributed by atoms with van der Waals surface area (Å²) in [5.41, 5.74) is -1.70. The fourth-order valence-corrected chi connectivity index (χ4v) is 13.3. The maximum Gasteiger partial charge on any atom is 0.313 e. The second-order valence-corrected chi connectivity index (χ2v) is 12.5. The Kier molecular flexibility index (Phi) is 3.33. The third-order valence-electron chi connectivity index (χ3n) is 12.8. The number of rotatable bonds is 2. The van der Waals surface area contributed by atoms with E-state index in [2.05, 4.69) is 0 Å². The predicted octanol–water partition coefficient (Wildman–Crippen LogP) is 1.61. The summed E-state index contributed by atoms with van der Waals surface area (Å²) in [5, 5.41) is 0. The van der Waals surface area contributed by atoms with Crippen molar-refractivity contribution >= 4 is 11.9 Å². The molecular weight excluding hydrogens is 440 g/mol. The zero-order valence-electron chi connectivity index (χ0n) is 19.7. The molecule has 2 saturated heterocycles. The molecule has 8 bridgehead atoms. The standard InChI is InChI=1S/C26H32O8/c1-29-21(27)25-15-11-3-5-24(33-9-10-34-24)18(11)20-13(15)14-16(26(20,25)22(28)30-2)12-4-6-23(17(12)19(14)25)31-7-8-32-23/h11-20H,3-10H2,1-2H3/t11-,12-,13-,14-,15-,16+,17+,18-,19-,20+,25+,26+/m0/s1. The lowest BCUT2D eigenvalue weighted by atomic mass is 9.43. The van der Waals surface area contributed by atoms with Gasteiger partial charge in [-0.05, 0) is 60.2 Å². The van der Waals surface area contributed by atoms with E-state index in [1.165, 1.54) is 14.2 Å². The minimum Gasteiger partial charge on any atom is -0.469 e. The van der Waals surface area contributed by atoms with Gasteiger partial charge in [-0.1, -0.05) is 0 Å². The Balaban J connectivity index is 1.29. The van der Waals surface area contributed by atoms with Crippen LogP contribution in [-0.2, 0) is 38.0 Å². The van der Waals surface area contributed by atoms with Crippen molar-refractivity contribution < 1.29 is 38.0 Å². The van der Waals surface area contributed by atoms with E-state index < -0.39 is 22.4 Å². The highest BCUT2D eigenvalue weighted by molar-refractivity contribution is 5.94. The van der Waals surface area contributed by atoms with Gasteiger partial charge >= 0.3 is 11.9 Å². The molecule has 0 aromatic heterocycles. The number of fused-ring (bicyclic) bond motifs is 4. The van der Waals surface area contributed by atoms with Gasteiger partial charge in [-0.25, -0.2) is 0 Å². The second kappa shape index (κ2) is 5.68. The average Bonchev–Trinajstić information content (AvgIpc) is 3.69. The summed E-state index contributed by atoms with van der Waals surface area (Å²) in [5.74, 6) is 0.347. The van der Waals surface area contributed by atoms with Crippen LogP contribution in [0.1, 0.15) is 25.7 Å². The molecule has 0 N–H and O–H groups in total. The molecule has 2 aliphatic heterocycles. The SMILES string of the molecule is COC(=O)[C@@]12[C@@H]3[C@@H]4CCC5(OCCO5)[C@H]4[C@@H]4[C@H]3[C@@H]3[C@@H]1[C@@H]1[C@@H](CCC15OCCO5)[C@@H]3[C@]42C(=O)OC. The van der Waals surface area contributed by atoms with Crippen molar-refractivity contribution in [3.63, 3.8) is 0 Å². The van der Waals surface area contributed by atoms with Crippen LogP contribution in [0.15, 0.2) is 0 Å². The predicted molar refractivity (Wildman–Crippen MR) is 112 cm³/mol. The number of esters is 2. The van der Waals surface area contributed by atoms with Gasteiger partial charge < -0.3 is 28.4 Å². The van der Waals surface area contributed by atoms with Crippen molar-refractivity contribution in [3.05, 3.63) is 0 Å². The third-order valence-corrected chi connectivity index (χ3v) is 12.8. The number of ether oxygens (including phenoxy) is 6. The summed E-state index contributed by atoms with van der Waals surface area (Å²) in [6, 6.07) is 0. The van der Waals surface area contributed by atoms with Crippen LogP contribution in [0.3, 0.4) is 0 Å². The summed E-state index contributed by atoms with van der Waals surface area (Å²) in [7, 11) is 2.99. The molecule has 2 spiro atoms. The molecule has 0 amide bonds. The molecule has 2 heterocycles. The number of hydrogen-bond donors (Lipinski definition) is 0. The molecule has 0 aromatic rings. The zero-order valence-corrected chi connectivity index (χ0v) is 19.7. The molecule has 0 aromatic carbocycles. The molecule has 0 radical (unpaired) electrons. The molecule has 10 aliphatic rings. The van der Waals surface area contributed by atoms with Crippen LogP contribution in [0.25, 0.3) is 0 Å². The van der Waals surface area contributed by atoms with E-state index in [1.807, 2.05) is 0 Å². The van der Waals surface area contributed by atoms with Crippen LogP contribution in [0.5, 0.6) is 0 Å². The summed E-state index contributed by atoms with van der Waals surface area (Å²) in [4.78, 5) is 28.3. The quantitative estimate of drug-likeness (QED) is 0.560. The van der Waals surface area contributed by atoms with E-state index in [0.717, 1.165) is 25.7 Å². The fourth-order valence-electron chi connectivity index (χ4n) is 13.3. The first-order valence-electron chi connectivity index (χ1n) is 13.3. The molecule has 10 fully saturated rings. The highest BCUT2D eigenvalue weighted by Gasteiger charge is 3.03. The molecular formula is C26H32O8. The number of methoxy groups -OCH3 is 2. The van der Waals surface area contributed by atoms with E-state index in [4.69, 9.17) is 28.4 Å². The Bertz CT molecular complexity index is 934. The largest absolute Gasteiger partial charge is 0.469 e. The van der Waals surface area contributed by atoms with Gasteiger partial charge in [0, 0.05) is 24.7 Å². The normalized spacial score (nSPS) is 59.0. The van der Waals surface area contributed by atoms with Gasteiger partial charge in [0.15, 0.2) is 11.6 Å². The Labute approximate surface area is 198 Å². The van der Waals surface area contributed by atoms with E-state index in [1.54, 1.807) is 0 Å². The van der Waals surface area contributed by atoms with Crippen molar-refractivity contribution in [2.75, 3.05) is 40.6 Å². The molecule has 184 valence electrons. The summed E-state index contributed by atoms with van der Waals surface area (Å²) in [6.45, 7) is 2.43.